The molecule has 0 fully saturated rings. The van der Waals surface area contributed by atoms with Crippen LogP contribution < -0.4 is 0 Å². The minimum Gasteiger partial charge on any atom is -0.478 e. The van der Waals surface area contributed by atoms with Gasteiger partial charge < -0.3 is 14.9 Å². The van der Waals surface area contributed by atoms with E-state index in [4.69, 9.17) is 14.9 Å². The van der Waals surface area contributed by atoms with E-state index in [1.807, 2.05) is 0 Å². The molecule has 0 aromatic carbocycles. The highest BCUT2D eigenvalue weighted by Crippen LogP contribution is 2.17. The molecule has 0 saturated heterocycles. The van der Waals surface area contributed by atoms with Crippen LogP contribution >= 0.6 is 0 Å². The molecule has 0 saturated carbocycles. The van der Waals surface area contributed by atoms with Gasteiger partial charge in [-0.1, -0.05) is 25.7 Å². The Balaban J connectivity index is 4.96. The summed E-state index contributed by atoms with van der Waals surface area (Å²) in [5, 5.41) is 17.7. The van der Waals surface area contributed by atoms with Gasteiger partial charge in [0.25, 0.3) is 0 Å². The van der Waals surface area contributed by atoms with Gasteiger partial charge in [0, 0.05) is 23.1 Å². The van der Waals surface area contributed by atoms with Gasteiger partial charge in [0.15, 0.2) is 0 Å². The molecule has 1 unspecified atom stereocenters. The Kier molecular flexibility index (Phi) is 7.29. The number of carbonyl (C=O) groups is 3. The van der Waals surface area contributed by atoms with Crippen LogP contribution in [0.15, 0.2) is 36.0 Å². The molecule has 0 heterocycles. The van der Waals surface area contributed by atoms with Crippen LogP contribution in [0.25, 0.3) is 0 Å². The van der Waals surface area contributed by atoms with Crippen molar-refractivity contribution in [3.63, 3.8) is 0 Å². The maximum absolute atomic E-state index is 11.7. The first-order chi connectivity index (χ1) is 9.94. The van der Waals surface area contributed by atoms with E-state index < -0.39 is 29.4 Å². The molecule has 6 nitrogen and oxygen atoms in total. The molecule has 0 spiro atoms. The fraction of sp³-hybridized carbons (Fsp3) is 0.438. The van der Waals surface area contributed by atoms with Gasteiger partial charge in [-0.15, -0.1) is 0 Å². The highest BCUT2D eigenvalue weighted by molar-refractivity contribution is 5.90. The molecule has 0 aliphatic heterocycles. The zero-order valence-electron chi connectivity index (χ0n) is 13.3. The summed E-state index contributed by atoms with van der Waals surface area (Å²) in [5.41, 5.74) is -0.540. The van der Waals surface area contributed by atoms with Crippen molar-refractivity contribution in [1.29, 1.82) is 0 Å². The molecule has 0 amide bonds. The molecular weight excluding hydrogens is 288 g/mol. The molecule has 0 rings (SSSR count). The van der Waals surface area contributed by atoms with Crippen molar-refractivity contribution in [1.82, 2.24) is 0 Å². The smallest absolute Gasteiger partial charge is 0.334 e. The van der Waals surface area contributed by atoms with Crippen molar-refractivity contribution < 1.29 is 29.3 Å². The van der Waals surface area contributed by atoms with Crippen molar-refractivity contribution in [3.8, 4) is 0 Å². The Labute approximate surface area is 129 Å². The number of carboxylic acids is 2. The van der Waals surface area contributed by atoms with Crippen LogP contribution in [0.3, 0.4) is 0 Å². The zero-order chi connectivity index (χ0) is 17.5. The molecule has 0 aromatic rings. The summed E-state index contributed by atoms with van der Waals surface area (Å²) in [5.74, 6) is -3.54. The molecule has 0 bridgehead atoms. The van der Waals surface area contributed by atoms with Crippen LogP contribution in [0.1, 0.15) is 34.1 Å². The number of hydrogen-bond donors (Lipinski definition) is 2. The number of hydrogen-bond acceptors (Lipinski definition) is 4. The fourth-order valence-corrected chi connectivity index (χ4v) is 1.47. The number of ether oxygens (including phenoxy) is 1. The Hall–Kier alpha value is -2.37. The second-order valence-corrected chi connectivity index (χ2v) is 5.76. The minimum absolute atomic E-state index is 0.0118. The van der Waals surface area contributed by atoms with Gasteiger partial charge in [0.05, 0.1) is 0 Å². The average molecular weight is 310 g/mol. The SMILES string of the molecule is C=C(CC=C(C(=O)O)C(C)C=CC(=O)O)C(=O)OC(C)(C)C. The van der Waals surface area contributed by atoms with E-state index in [-0.39, 0.29) is 17.6 Å². The third-order valence-electron chi connectivity index (χ3n) is 2.52. The van der Waals surface area contributed by atoms with Gasteiger partial charge in [-0.25, -0.2) is 14.4 Å². The highest BCUT2D eigenvalue weighted by atomic mass is 16.6. The normalized spacial score (nSPS) is 13.7. The zero-order valence-corrected chi connectivity index (χ0v) is 13.3. The number of aliphatic carboxylic acids is 2. The van der Waals surface area contributed by atoms with Gasteiger partial charge in [0.1, 0.15) is 5.60 Å². The Bertz CT molecular complexity index is 519. The van der Waals surface area contributed by atoms with E-state index in [0.717, 1.165) is 6.08 Å². The summed E-state index contributed by atoms with van der Waals surface area (Å²) in [6.07, 6.45) is 3.50. The van der Waals surface area contributed by atoms with Gasteiger partial charge >= 0.3 is 17.9 Å². The van der Waals surface area contributed by atoms with Crippen molar-refractivity contribution >= 4 is 17.9 Å². The van der Waals surface area contributed by atoms with E-state index in [0.29, 0.717) is 0 Å². The molecule has 22 heavy (non-hydrogen) atoms. The lowest BCUT2D eigenvalue weighted by Crippen LogP contribution is -2.24. The largest absolute Gasteiger partial charge is 0.478 e. The molecule has 6 heteroatoms. The van der Waals surface area contributed by atoms with E-state index in [2.05, 4.69) is 6.58 Å². The van der Waals surface area contributed by atoms with Gasteiger partial charge in [0.2, 0.25) is 0 Å². The summed E-state index contributed by atoms with van der Waals surface area (Å²) in [6.45, 7) is 10.3. The third kappa shape index (κ3) is 8.04. The molecule has 122 valence electrons. The van der Waals surface area contributed by atoms with Crippen LogP contribution in [-0.2, 0) is 19.1 Å². The standard InChI is InChI=1S/C16H22O6/c1-10(7-9-13(17)18)12(14(19)20)8-6-11(2)15(21)22-16(3,4)5/h7-10H,2,6H2,1,3-5H3,(H,17,18)(H,19,20). The summed E-state index contributed by atoms with van der Waals surface area (Å²) >= 11 is 0. The molecular formula is C16H22O6. The van der Waals surface area contributed by atoms with Crippen LogP contribution in [0.5, 0.6) is 0 Å². The highest BCUT2D eigenvalue weighted by Gasteiger charge is 2.19. The van der Waals surface area contributed by atoms with Crippen molar-refractivity contribution in [2.24, 2.45) is 5.92 Å². The predicted octanol–water partition coefficient (Wildman–Crippen LogP) is 2.56. The first-order valence-electron chi connectivity index (χ1n) is 6.69. The number of allylic oxidation sites excluding steroid dienone is 2. The predicted molar refractivity (Wildman–Crippen MR) is 81.3 cm³/mol. The minimum atomic E-state index is -1.18. The van der Waals surface area contributed by atoms with Gasteiger partial charge in [-0.2, -0.15) is 0 Å². The first kappa shape index (κ1) is 19.6. The molecule has 0 aliphatic carbocycles. The summed E-state index contributed by atoms with van der Waals surface area (Å²) in [4.78, 5) is 33.4. The van der Waals surface area contributed by atoms with Crippen molar-refractivity contribution in [2.45, 2.75) is 39.7 Å². The van der Waals surface area contributed by atoms with Crippen LogP contribution in [-0.4, -0.2) is 33.7 Å². The maximum atomic E-state index is 11.7. The maximum Gasteiger partial charge on any atom is 0.334 e. The van der Waals surface area contributed by atoms with Gasteiger partial charge in [-0.3, -0.25) is 0 Å². The van der Waals surface area contributed by atoms with E-state index >= 15 is 0 Å². The second kappa shape index (κ2) is 8.17. The van der Waals surface area contributed by atoms with E-state index in [1.165, 1.54) is 12.2 Å². The topological polar surface area (TPSA) is 101 Å². The fourth-order valence-electron chi connectivity index (χ4n) is 1.47. The second-order valence-electron chi connectivity index (χ2n) is 5.76. The number of carbonyl (C=O) groups excluding carboxylic acids is 1. The van der Waals surface area contributed by atoms with Crippen LogP contribution in [0, 0.1) is 5.92 Å². The number of rotatable bonds is 7. The third-order valence-corrected chi connectivity index (χ3v) is 2.52. The van der Waals surface area contributed by atoms with E-state index in [9.17, 15) is 14.4 Å². The Morgan fingerprint density at radius 2 is 1.77 bits per heavy atom. The number of carboxylic acid groups (broad SMARTS) is 2. The summed E-state index contributed by atoms with van der Waals surface area (Å²) in [7, 11) is 0. The Morgan fingerprint density at radius 3 is 2.18 bits per heavy atom. The molecule has 2 N–H and O–H groups in total. The lowest BCUT2D eigenvalue weighted by atomic mass is 9.98. The summed E-state index contributed by atoms with van der Waals surface area (Å²) < 4.78 is 5.12. The van der Waals surface area contributed by atoms with Crippen LogP contribution in [0.4, 0.5) is 0 Å². The lowest BCUT2D eigenvalue weighted by Gasteiger charge is -2.20. The van der Waals surface area contributed by atoms with E-state index in [1.54, 1.807) is 27.7 Å². The quantitative estimate of drug-likeness (QED) is 0.553. The molecule has 0 aliphatic rings. The molecule has 0 aromatic heterocycles. The first-order valence-corrected chi connectivity index (χ1v) is 6.69. The molecule has 0 radical (unpaired) electrons. The van der Waals surface area contributed by atoms with Gasteiger partial charge in [-0.05, 0) is 27.2 Å². The van der Waals surface area contributed by atoms with Crippen molar-refractivity contribution in [2.75, 3.05) is 0 Å². The monoisotopic (exact) mass is 310 g/mol. The molecule has 1 atom stereocenters. The van der Waals surface area contributed by atoms with Crippen molar-refractivity contribution in [3.05, 3.63) is 36.0 Å². The summed E-state index contributed by atoms with van der Waals surface area (Å²) in [6, 6.07) is 0. The Morgan fingerprint density at radius 1 is 1.23 bits per heavy atom. The average Bonchev–Trinajstić information content (AvgIpc) is 2.33. The lowest BCUT2D eigenvalue weighted by molar-refractivity contribution is -0.150. The number of esters is 1. The van der Waals surface area contributed by atoms with Crippen LogP contribution in [0.2, 0.25) is 0 Å².